The summed E-state index contributed by atoms with van der Waals surface area (Å²) in [7, 11) is 1.56. The van der Waals surface area contributed by atoms with Crippen LogP contribution in [0.2, 0.25) is 0 Å². The number of nitrogens with one attached hydrogen (secondary N) is 3. The third-order valence-corrected chi connectivity index (χ3v) is 3.50. The van der Waals surface area contributed by atoms with Gasteiger partial charge in [0.1, 0.15) is 5.82 Å². The topological polar surface area (TPSA) is 79.5 Å². The number of benzene rings is 2. The Hall–Kier alpha value is -2.93. The molecule has 7 heteroatoms. The molecule has 6 nitrogen and oxygen atoms in total. The van der Waals surface area contributed by atoms with E-state index in [9.17, 15) is 14.0 Å². The third-order valence-electron chi connectivity index (χ3n) is 3.50. The SMILES string of the molecule is COC(CNC(=O)NNC(=O)Cc1ccc(F)cc1)c1ccccc1. The second kappa shape index (κ2) is 9.39. The van der Waals surface area contributed by atoms with Crippen molar-refractivity contribution in [2.45, 2.75) is 12.5 Å². The van der Waals surface area contributed by atoms with Crippen molar-refractivity contribution in [2.75, 3.05) is 13.7 Å². The minimum Gasteiger partial charge on any atom is -0.375 e. The first-order valence-electron chi connectivity index (χ1n) is 7.73. The summed E-state index contributed by atoms with van der Waals surface area (Å²) in [5.41, 5.74) is 6.14. The van der Waals surface area contributed by atoms with E-state index < -0.39 is 11.9 Å². The van der Waals surface area contributed by atoms with E-state index in [-0.39, 0.29) is 24.9 Å². The number of methoxy groups -OCH3 is 1. The lowest BCUT2D eigenvalue weighted by Crippen LogP contribution is -2.48. The average molecular weight is 345 g/mol. The van der Waals surface area contributed by atoms with Crippen molar-refractivity contribution >= 4 is 11.9 Å². The van der Waals surface area contributed by atoms with Gasteiger partial charge in [0.25, 0.3) is 0 Å². The molecule has 3 amide bonds. The number of hydrogen-bond acceptors (Lipinski definition) is 3. The van der Waals surface area contributed by atoms with Crippen molar-refractivity contribution in [1.82, 2.24) is 16.2 Å². The van der Waals surface area contributed by atoms with Crippen LogP contribution < -0.4 is 16.2 Å². The Morgan fingerprint density at radius 3 is 2.36 bits per heavy atom. The molecule has 132 valence electrons. The lowest BCUT2D eigenvalue weighted by Gasteiger charge is -2.17. The Labute approximate surface area is 145 Å². The molecule has 0 aromatic heterocycles. The summed E-state index contributed by atoms with van der Waals surface area (Å²) in [5, 5.41) is 2.62. The lowest BCUT2D eigenvalue weighted by molar-refractivity contribution is -0.121. The van der Waals surface area contributed by atoms with Gasteiger partial charge in [0.2, 0.25) is 5.91 Å². The number of urea groups is 1. The van der Waals surface area contributed by atoms with E-state index in [1.54, 1.807) is 7.11 Å². The minimum absolute atomic E-state index is 0.0330. The molecular weight excluding hydrogens is 325 g/mol. The lowest BCUT2D eigenvalue weighted by atomic mass is 10.1. The quantitative estimate of drug-likeness (QED) is 0.702. The largest absolute Gasteiger partial charge is 0.375 e. The Morgan fingerprint density at radius 1 is 1.04 bits per heavy atom. The fourth-order valence-corrected chi connectivity index (χ4v) is 2.19. The molecule has 0 saturated heterocycles. The molecule has 2 aromatic carbocycles. The maximum absolute atomic E-state index is 12.8. The Bertz CT molecular complexity index is 692. The van der Waals surface area contributed by atoms with Gasteiger partial charge in [-0.25, -0.2) is 14.6 Å². The highest BCUT2D eigenvalue weighted by Gasteiger charge is 2.12. The molecule has 0 aliphatic heterocycles. The highest BCUT2D eigenvalue weighted by Crippen LogP contribution is 2.14. The minimum atomic E-state index is -0.551. The van der Waals surface area contributed by atoms with Crippen molar-refractivity contribution in [3.63, 3.8) is 0 Å². The first-order valence-corrected chi connectivity index (χ1v) is 7.73. The molecule has 2 rings (SSSR count). The maximum Gasteiger partial charge on any atom is 0.333 e. The standard InChI is InChI=1S/C18H20FN3O3/c1-25-16(14-5-3-2-4-6-14)12-20-18(24)22-21-17(23)11-13-7-9-15(19)10-8-13/h2-10,16H,11-12H2,1H3,(H,21,23)(H2,20,22,24). The molecular formula is C18H20FN3O3. The predicted octanol–water partition coefficient (Wildman–Crippen LogP) is 2.09. The van der Waals surface area contributed by atoms with Gasteiger partial charge >= 0.3 is 6.03 Å². The molecule has 0 radical (unpaired) electrons. The number of ether oxygens (including phenoxy) is 1. The zero-order valence-corrected chi connectivity index (χ0v) is 13.8. The van der Waals surface area contributed by atoms with E-state index in [1.807, 2.05) is 30.3 Å². The number of carbonyl (C=O) groups excluding carboxylic acids is 2. The molecule has 0 bridgehead atoms. The van der Waals surface area contributed by atoms with Crippen LogP contribution in [0.1, 0.15) is 17.2 Å². The first-order chi connectivity index (χ1) is 12.1. The van der Waals surface area contributed by atoms with Crippen LogP contribution in [0.3, 0.4) is 0 Å². The van der Waals surface area contributed by atoms with Crippen molar-refractivity contribution in [3.8, 4) is 0 Å². The summed E-state index contributed by atoms with van der Waals surface area (Å²) in [6.45, 7) is 0.250. The monoisotopic (exact) mass is 345 g/mol. The Kier molecular flexibility index (Phi) is 6.91. The van der Waals surface area contributed by atoms with E-state index in [2.05, 4.69) is 16.2 Å². The van der Waals surface area contributed by atoms with Gasteiger partial charge in [0.05, 0.1) is 12.5 Å². The molecule has 1 unspecified atom stereocenters. The summed E-state index contributed by atoms with van der Waals surface area (Å²) < 4.78 is 18.1. The highest BCUT2D eigenvalue weighted by atomic mass is 19.1. The van der Waals surface area contributed by atoms with Gasteiger partial charge in [0, 0.05) is 13.7 Å². The molecule has 1 atom stereocenters. The van der Waals surface area contributed by atoms with E-state index in [0.717, 1.165) is 5.56 Å². The van der Waals surface area contributed by atoms with Crippen LogP contribution in [-0.2, 0) is 16.0 Å². The molecule has 3 N–H and O–H groups in total. The van der Waals surface area contributed by atoms with Gasteiger partial charge in [-0.3, -0.25) is 10.2 Å². The van der Waals surface area contributed by atoms with Crippen LogP contribution in [-0.4, -0.2) is 25.6 Å². The van der Waals surface area contributed by atoms with E-state index in [0.29, 0.717) is 5.56 Å². The molecule has 0 spiro atoms. The van der Waals surface area contributed by atoms with E-state index >= 15 is 0 Å². The van der Waals surface area contributed by atoms with E-state index in [1.165, 1.54) is 24.3 Å². The first kappa shape index (κ1) is 18.4. The van der Waals surface area contributed by atoms with Crippen LogP contribution in [0, 0.1) is 5.82 Å². The average Bonchev–Trinajstić information content (AvgIpc) is 2.63. The van der Waals surface area contributed by atoms with Gasteiger partial charge in [-0.05, 0) is 23.3 Å². The zero-order valence-electron chi connectivity index (χ0n) is 13.8. The van der Waals surface area contributed by atoms with Crippen molar-refractivity contribution in [2.24, 2.45) is 0 Å². The molecule has 0 fully saturated rings. The van der Waals surface area contributed by atoms with Gasteiger partial charge in [-0.1, -0.05) is 42.5 Å². The molecule has 0 aliphatic carbocycles. The van der Waals surface area contributed by atoms with Gasteiger partial charge in [0.15, 0.2) is 0 Å². The molecule has 0 heterocycles. The molecule has 2 aromatic rings. The van der Waals surface area contributed by atoms with Crippen molar-refractivity contribution in [1.29, 1.82) is 0 Å². The van der Waals surface area contributed by atoms with Gasteiger partial charge in [-0.2, -0.15) is 0 Å². The normalized spacial score (nSPS) is 11.4. The maximum atomic E-state index is 12.8. The zero-order chi connectivity index (χ0) is 18.1. The summed E-state index contributed by atoms with van der Waals surface area (Å²) >= 11 is 0. The Balaban J connectivity index is 1.72. The second-order valence-electron chi connectivity index (χ2n) is 5.32. The molecule has 0 saturated carbocycles. The van der Waals surface area contributed by atoms with Crippen LogP contribution in [0.25, 0.3) is 0 Å². The smallest absolute Gasteiger partial charge is 0.333 e. The van der Waals surface area contributed by atoms with Crippen LogP contribution in [0.5, 0.6) is 0 Å². The van der Waals surface area contributed by atoms with Crippen molar-refractivity contribution in [3.05, 3.63) is 71.5 Å². The van der Waals surface area contributed by atoms with Gasteiger partial charge in [-0.15, -0.1) is 0 Å². The summed E-state index contributed by atoms with van der Waals surface area (Å²) in [6, 6.07) is 14.5. The number of carbonyl (C=O) groups is 2. The number of hydrogen-bond donors (Lipinski definition) is 3. The predicted molar refractivity (Wildman–Crippen MR) is 91.0 cm³/mol. The molecule has 0 aliphatic rings. The third kappa shape index (κ3) is 6.23. The summed E-state index contributed by atoms with van der Waals surface area (Å²) in [6.07, 6.45) is -0.257. The van der Waals surface area contributed by atoms with Crippen LogP contribution in [0.4, 0.5) is 9.18 Å². The number of amides is 3. The number of halogens is 1. The number of hydrazine groups is 1. The fraction of sp³-hybridized carbons (Fsp3) is 0.222. The molecule has 25 heavy (non-hydrogen) atoms. The van der Waals surface area contributed by atoms with Crippen LogP contribution in [0.15, 0.2) is 54.6 Å². The fourth-order valence-electron chi connectivity index (χ4n) is 2.19. The summed E-state index contributed by atoms with van der Waals surface area (Å²) in [4.78, 5) is 23.5. The van der Waals surface area contributed by atoms with Gasteiger partial charge < -0.3 is 10.1 Å². The van der Waals surface area contributed by atoms with Crippen LogP contribution >= 0.6 is 0 Å². The number of rotatable bonds is 6. The van der Waals surface area contributed by atoms with Crippen molar-refractivity contribution < 1.29 is 18.7 Å². The van der Waals surface area contributed by atoms with E-state index in [4.69, 9.17) is 4.74 Å². The highest BCUT2D eigenvalue weighted by molar-refractivity contribution is 5.82. The Morgan fingerprint density at radius 2 is 1.72 bits per heavy atom. The summed E-state index contributed by atoms with van der Waals surface area (Å²) in [5.74, 6) is -0.777. The second-order valence-corrected chi connectivity index (χ2v) is 5.32.